The predicted octanol–water partition coefficient (Wildman–Crippen LogP) is 1.39. The topological polar surface area (TPSA) is 33.3 Å². The summed E-state index contributed by atoms with van der Waals surface area (Å²) in [4.78, 5) is 0. The Morgan fingerprint density at radius 2 is 1.79 bits per heavy atom. The third-order valence-electron chi connectivity index (χ3n) is 2.26. The Balaban J connectivity index is 0.000000379. The zero-order valence-electron chi connectivity index (χ0n) is 10.1. The average Bonchev–Trinajstić information content (AvgIpc) is 2.34. The van der Waals surface area contributed by atoms with Gasteiger partial charge in [0.2, 0.25) is 0 Å². The minimum absolute atomic E-state index is 0.481. The van der Waals surface area contributed by atoms with E-state index < -0.39 is 0 Å². The minimum Gasteiger partial charge on any atom is -0.375 e. The van der Waals surface area contributed by atoms with Gasteiger partial charge in [-0.3, -0.25) is 0 Å². The summed E-state index contributed by atoms with van der Waals surface area (Å²) in [5.41, 5.74) is 0. The second-order valence-corrected chi connectivity index (χ2v) is 2.96. The Hall–Kier alpha value is -0.120. The van der Waals surface area contributed by atoms with Crippen molar-refractivity contribution < 1.29 is 4.74 Å². The highest BCUT2D eigenvalue weighted by molar-refractivity contribution is 4.86. The van der Waals surface area contributed by atoms with Crippen molar-refractivity contribution in [2.45, 2.75) is 46.3 Å². The van der Waals surface area contributed by atoms with Crippen LogP contribution in [0.3, 0.4) is 0 Å². The van der Waals surface area contributed by atoms with Gasteiger partial charge in [-0.25, -0.2) is 0 Å². The van der Waals surface area contributed by atoms with Crippen LogP contribution in [-0.2, 0) is 4.74 Å². The third-order valence-corrected chi connectivity index (χ3v) is 2.26. The predicted molar refractivity (Wildman–Crippen MR) is 61.7 cm³/mol. The first kappa shape index (κ1) is 13.9. The molecule has 2 saturated heterocycles. The molecule has 2 aliphatic heterocycles. The van der Waals surface area contributed by atoms with Crippen molar-refractivity contribution in [1.29, 1.82) is 0 Å². The first-order chi connectivity index (χ1) is 6.97. The molecule has 2 fully saturated rings. The number of fused-ring (bicyclic) bond motifs is 1. The van der Waals surface area contributed by atoms with E-state index in [4.69, 9.17) is 4.74 Å². The molecule has 0 aromatic rings. The fourth-order valence-electron chi connectivity index (χ4n) is 1.69. The lowest BCUT2D eigenvalue weighted by Gasteiger charge is -2.36. The minimum atomic E-state index is 0.481. The van der Waals surface area contributed by atoms with E-state index in [1.807, 2.05) is 27.7 Å². The van der Waals surface area contributed by atoms with Crippen LogP contribution in [0.5, 0.6) is 0 Å². The first-order valence-electron chi connectivity index (χ1n) is 6.02. The van der Waals surface area contributed by atoms with E-state index in [0.29, 0.717) is 12.1 Å². The highest BCUT2D eigenvalue weighted by Gasteiger charge is 2.27. The van der Waals surface area contributed by atoms with Crippen LogP contribution in [0.1, 0.15) is 34.1 Å². The molecule has 2 heterocycles. The second kappa shape index (κ2) is 9.44. The van der Waals surface area contributed by atoms with Crippen molar-refractivity contribution in [3.8, 4) is 0 Å². The maximum atomic E-state index is 5.58. The fraction of sp³-hybridized carbons (Fsp3) is 1.00. The smallest absolute Gasteiger partial charge is 0.0753 e. The summed E-state index contributed by atoms with van der Waals surface area (Å²) >= 11 is 0. The van der Waals surface area contributed by atoms with Gasteiger partial charge in [0, 0.05) is 19.1 Å². The number of rotatable bonds is 0. The molecule has 2 atom stereocenters. The zero-order valence-corrected chi connectivity index (χ0v) is 10.1. The highest BCUT2D eigenvalue weighted by atomic mass is 16.5. The SMILES string of the molecule is C1CC2OCCNC2CN1.CC.CC. The molecule has 0 radical (unpaired) electrons. The third kappa shape index (κ3) is 4.40. The van der Waals surface area contributed by atoms with E-state index in [9.17, 15) is 0 Å². The lowest BCUT2D eigenvalue weighted by atomic mass is 10.0. The molecule has 0 aromatic carbocycles. The van der Waals surface area contributed by atoms with Gasteiger partial charge in [0.05, 0.1) is 12.7 Å². The Labute approximate surface area is 88.6 Å². The van der Waals surface area contributed by atoms with Gasteiger partial charge in [0.25, 0.3) is 0 Å². The van der Waals surface area contributed by atoms with Gasteiger partial charge in [-0.05, 0) is 13.0 Å². The summed E-state index contributed by atoms with van der Waals surface area (Å²) in [6, 6.07) is 0.572. The van der Waals surface area contributed by atoms with Crippen LogP contribution in [0.2, 0.25) is 0 Å². The van der Waals surface area contributed by atoms with Crippen molar-refractivity contribution in [2.24, 2.45) is 0 Å². The van der Waals surface area contributed by atoms with Crippen molar-refractivity contribution in [1.82, 2.24) is 10.6 Å². The number of nitrogens with one attached hydrogen (secondary N) is 2. The molecule has 2 rings (SSSR count). The van der Waals surface area contributed by atoms with Gasteiger partial charge < -0.3 is 15.4 Å². The molecule has 2 aliphatic rings. The molecule has 0 saturated carbocycles. The number of piperidine rings is 1. The van der Waals surface area contributed by atoms with Gasteiger partial charge in [-0.15, -0.1) is 0 Å². The first-order valence-corrected chi connectivity index (χ1v) is 6.02. The Morgan fingerprint density at radius 3 is 2.43 bits per heavy atom. The molecule has 0 spiro atoms. The van der Waals surface area contributed by atoms with Crippen LogP contribution < -0.4 is 10.6 Å². The number of morpholine rings is 1. The van der Waals surface area contributed by atoms with Crippen LogP contribution in [-0.4, -0.2) is 38.4 Å². The molecule has 0 amide bonds. The number of hydrogen-bond donors (Lipinski definition) is 2. The molecule has 0 bridgehead atoms. The van der Waals surface area contributed by atoms with E-state index in [0.717, 1.165) is 32.7 Å². The van der Waals surface area contributed by atoms with Gasteiger partial charge in [0.1, 0.15) is 0 Å². The molecular formula is C11H26N2O. The van der Waals surface area contributed by atoms with Crippen molar-refractivity contribution in [3.05, 3.63) is 0 Å². The van der Waals surface area contributed by atoms with Crippen LogP contribution in [0.15, 0.2) is 0 Å². The summed E-state index contributed by atoms with van der Waals surface area (Å²) in [6.45, 7) is 12.1. The molecule has 2 unspecified atom stereocenters. The van der Waals surface area contributed by atoms with Crippen molar-refractivity contribution >= 4 is 0 Å². The Kier molecular flexibility index (Phi) is 9.35. The summed E-state index contributed by atoms with van der Waals surface area (Å²) in [6.07, 6.45) is 1.65. The van der Waals surface area contributed by atoms with E-state index >= 15 is 0 Å². The molecule has 14 heavy (non-hydrogen) atoms. The van der Waals surface area contributed by atoms with E-state index in [1.54, 1.807) is 0 Å². The van der Waals surface area contributed by atoms with Crippen LogP contribution in [0.25, 0.3) is 0 Å². The Bertz CT molecular complexity index is 93.9. The van der Waals surface area contributed by atoms with E-state index in [1.165, 1.54) is 0 Å². The molecule has 0 aliphatic carbocycles. The molecular weight excluding hydrogens is 176 g/mol. The highest BCUT2D eigenvalue weighted by Crippen LogP contribution is 2.10. The van der Waals surface area contributed by atoms with E-state index in [-0.39, 0.29) is 0 Å². The summed E-state index contributed by atoms with van der Waals surface area (Å²) in [5, 5.41) is 6.77. The molecule has 2 N–H and O–H groups in total. The van der Waals surface area contributed by atoms with Crippen molar-refractivity contribution in [3.63, 3.8) is 0 Å². The summed E-state index contributed by atoms with van der Waals surface area (Å²) in [7, 11) is 0. The van der Waals surface area contributed by atoms with Crippen LogP contribution in [0, 0.1) is 0 Å². The number of ether oxygens (including phenoxy) is 1. The van der Waals surface area contributed by atoms with Gasteiger partial charge >= 0.3 is 0 Å². The Morgan fingerprint density at radius 1 is 1.07 bits per heavy atom. The lowest BCUT2D eigenvalue weighted by Crippen LogP contribution is -2.57. The summed E-state index contributed by atoms with van der Waals surface area (Å²) < 4.78 is 5.58. The molecule has 3 nitrogen and oxygen atoms in total. The largest absolute Gasteiger partial charge is 0.375 e. The maximum Gasteiger partial charge on any atom is 0.0753 e. The molecule has 0 aromatic heterocycles. The van der Waals surface area contributed by atoms with Gasteiger partial charge in [-0.1, -0.05) is 27.7 Å². The average molecular weight is 202 g/mol. The summed E-state index contributed by atoms with van der Waals surface area (Å²) in [5.74, 6) is 0. The standard InChI is InChI=1S/C7H14N2O.2C2H6/c1-2-8-5-6-7(1)10-4-3-9-6;2*1-2/h6-9H,1-5H2;2*1-2H3. The monoisotopic (exact) mass is 202 g/mol. The quantitative estimate of drug-likeness (QED) is 0.623. The second-order valence-electron chi connectivity index (χ2n) is 2.96. The maximum absolute atomic E-state index is 5.58. The lowest BCUT2D eigenvalue weighted by molar-refractivity contribution is -0.0180. The molecule has 3 heteroatoms. The van der Waals surface area contributed by atoms with Gasteiger partial charge in [0.15, 0.2) is 0 Å². The zero-order chi connectivity index (χ0) is 10.8. The number of hydrogen-bond acceptors (Lipinski definition) is 3. The van der Waals surface area contributed by atoms with Gasteiger partial charge in [-0.2, -0.15) is 0 Å². The van der Waals surface area contributed by atoms with E-state index in [2.05, 4.69) is 10.6 Å². The molecule has 86 valence electrons. The normalized spacial score (nSPS) is 30.0. The van der Waals surface area contributed by atoms with Crippen LogP contribution in [0.4, 0.5) is 0 Å². The fourth-order valence-corrected chi connectivity index (χ4v) is 1.69. The van der Waals surface area contributed by atoms with Crippen LogP contribution >= 0.6 is 0 Å². The van der Waals surface area contributed by atoms with Crippen molar-refractivity contribution in [2.75, 3.05) is 26.2 Å².